The van der Waals surface area contributed by atoms with E-state index in [9.17, 15) is 0 Å². The third-order valence-electron chi connectivity index (χ3n) is 3.86. The van der Waals surface area contributed by atoms with E-state index in [1.165, 1.54) is 31.4 Å². The maximum atomic E-state index is 3.85. The van der Waals surface area contributed by atoms with Crippen molar-refractivity contribution in [1.82, 2.24) is 5.32 Å². The number of nitrogens with one attached hydrogen (secondary N) is 1. The van der Waals surface area contributed by atoms with Crippen molar-refractivity contribution in [2.24, 2.45) is 11.8 Å². The molecule has 2 atom stereocenters. The molecular formula is C15H25NS2. The van der Waals surface area contributed by atoms with E-state index in [-0.39, 0.29) is 0 Å². The molecule has 2 rings (SSSR count). The number of rotatable bonds is 7. The third-order valence-corrected chi connectivity index (χ3v) is 5.72. The van der Waals surface area contributed by atoms with Crippen LogP contribution < -0.4 is 5.32 Å². The summed E-state index contributed by atoms with van der Waals surface area (Å²) in [7, 11) is 0. The molecule has 3 heteroatoms. The van der Waals surface area contributed by atoms with Gasteiger partial charge in [0.25, 0.3) is 0 Å². The van der Waals surface area contributed by atoms with Crippen molar-refractivity contribution in [3.63, 3.8) is 0 Å². The average Bonchev–Trinajstić information content (AvgIpc) is 3.02. The Labute approximate surface area is 120 Å². The second-order valence-corrected chi connectivity index (χ2v) is 7.40. The lowest BCUT2D eigenvalue weighted by atomic mass is 9.96. The lowest BCUT2D eigenvalue weighted by molar-refractivity contribution is 0.356. The Hall–Kier alpha value is 0.01000. The summed E-state index contributed by atoms with van der Waals surface area (Å²) >= 11 is 3.87. The minimum Gasteiger partial charge on any atom is -0.309 e. The molecule has 1 nitrogen and oxygen atoms in total. The van der Waals surface area contributed by atoms with Crippen LogP contribution in [0.3, 0.4) is 0 Å². The molecule has 0 amide bonds. The van der Waals surface area contributed by atoms with Crippen molar-refractivity contribution in [3.05, 3.63) is 22.4 Å². The Balaban J connectivity index is 1.92. The summed E-state index contributed by atoms with van der Waals surface area (Å²) in [6, 6.07) is 5.10. The highest BCUT2D eigenvalue weighted by atomic mass is 32.2. The molecule has 0 aliphatic heterocycles. The molecule has 1 aromatic heterocycles. The zero-order valence-electron chi connectivity index (χ0n) is 11.5. The SMILES string of the molecule is CSCC(C)CNC(c1cccs1)C1CCCC1. The molecule has 1 heterocycles. The van der Waals surface area contributed by atoms with Crippen molar-refractivity contribution in [1.29, 1.82) is 0 Å². The third kappa shape index (κ3) is 4.01. The molecule has 0 bridgehead atoms. The summed E-state index contributed by atoms with van der Waals surface area (Å²) in [6.45, 7) is 3.50. The van der Waals surface area contributed by atoms with Gasteiger partial charge in [0.15, 0.2) is 0 Å². The summed E-state index contributed by atoms with van der Waals surface area (Å²) in [5.74, 6) is 2.89. The number of thioether (sulfide) groups is 1. The van der Waals surface area contributed by atoms with E-state index in [4.69, 9.17) is 0 Å². The zero-order valence-corrected chi connectivity index (χ0v) is 13.2. The summed E-state index contributed by atoms with van der Waals surface area (Å²) in [5, 5.41) is 6.06. The van der Waals surface area contributed by atoms with Crippen LogP contribution in [-0.4, -0.2) is 18.6 Å². The van der Waals surface area contributed by atoms with Gasteiger partial charge in [-0.2, -0.15) is 11.8 Å². The molecule has 1 aliphatic carbocycles. The van der Waals surface area contributed by atoms with Crippen LogP contribution in [0.4, 0.5) is 0 Å². The first-order valence-electron chi connectivity index (χ1n) is 7.07. The molecule has 1 aliphatic rings. The van der Waals surface area contributed by atoms with Crippen LogP contribution in [0, 0.1) is 11.8 Å². The Morgan fingerprint density at radius 1 is 1.44 bits per heavy atom. The predicted octanol–water partition coefficient (Wildman–Crippen LogP) is 4.57. The number of hydrogen-bond donors (Lipinski definition) is 1. The van der Waals surface area contributed by atoms with Gasteiger partial charge in [-0.3, -0.25) is 0 Å². The second-order valence-electron chi connectivity index (χ2n) is 5.51. The molecule has 0 saturated heterocycles. The average molecular weight is 284 g/mol. The minimum atomic E-state index is 0.608. The van der Waals surface area contributed by atoms with E-state index >= 15 is 0 Å². The molecule has 0 radical (unpaired) electrons. The van der Waals surface area contributed by atoms with Crippen molar-refractivity contribution < 1.29 is 0 Å². The first-order chi connectivity index (χ1) is 8.81. The number of thiophene rings is 1. The van der Waals surface area contributed by atoms with E-state index in [0.29, 0.717) is 6.04 Å². The molecule has 0 aromatic carbocycles. The Bertz CT molecular complexity index is 317. The molecule has 0 spiro atoms. The van der Waals surface area contributed by atoms with Gasteiger partial charge in [0.2, 0.25) is 0 Å². The Morgan fingerprint density at radius 3 is 2.83 bits per heavy atom. The molecule has 18 heavy (non-hydrogen) atoms. The fourth-order valence-corrected chi connectivity index (χ4v) is 4.51. The fraction of sp³-hybridized carbons (Fsp3) is 0.733. The van der Waals surface area contributed by atoms with Gasteiger partial charge in [-0.15, -0.1) is 11.3 Å². The van der Waals surface area contributed by atoms with Gasteiger partial charge < -0.3 is 5.32 Å². The van der Waals surface area contributed by atoms with Gasteiger partial charge in [-0.25, -0.2) is 0 Å². The molecule has 1 aromatic rings. The van der Waals surface area contributed by atoms with Gasteiger partial charge in [0, 0.05) is 10.9 Å². The van der Waals surface area contributed by atoms with E-state index in [1.807, 2.05) is 23.1 Å². The number of hydrogen-bond acceptors (Lipinski definition) is 3. The van der Waals surface area contributed by atoms with Gasteiger partial charge in [0.1, 0.15) is 0 Å². The highest BCUT2D eigenvalue weighted by molar-refractivity contribution is 7.98. The lowest BCUT2D eigenvalue weighted by Gasteiger charge is -2.25. The topological polar surface area (TPSA) is 12.0 Å². The van der Waals surface area contributed by atoms with Crippen LogP contribution in [0.15, 0.2) is 17.5 Å². The summed E-state index contributed by atoms with van der Waals surface area (Å²) in [6.07, 6.45) is 7.87. The first-order valence-corrected chi connectivity index (χ1v) is 9.34. The van der Waals surface area contributed by atoms with E-state index in [2.05, 4.69) is 36.0 Å². The zero-order chi connectivity index (χ0) is 12.8. The quantitative estimate of drug-likeness (QED) is 0.787. The van der Waals surface area contributed by atoms with Crippen molar-refractivity contribution in [3.8, 4) is 0 Å². The van der Waals surface area contributed by atoms with Crippen LogP contribution in [-0.2, 0) is 0 Å². The lowest BCUT2D eigenvalue weighted by Crippen LogP contribution is -2.31. The molecule has 1 N–H and O–H groups in total. The highest BCUT2D eigenvalue weighted by Crippen LogP contribution is 2.37. The van der Waals surface area contributed by atoms with Crippen molar-refractivity contribution in [2.75, 3.05) is 18.6 Å². The first kappa shape index (κ1) is 14.4. The highest BCUT2D eigenvalue weighted by Gasteiger charge is 2.26. The van der Waals surface area contributed by atoms with Crippen LogP contribution in [0.25, 0.3) is 0 Å². The standard InChI is InChI=1S/C15H25NS2/c1-12(11-17-2)10-16-15(13-6-3-4-7-13)14-8-5-9-18-14/h5,8-9,12-13,15-16H,3-4,6-7,10-11H2,1-2H3. The van der Waals surface area contributed by atoms with E-state index in [1.54, 1.807) is 4.88 Å². The smallest absolute Gasteiger partial charge is 0.0443 e. The summed E-state index contributed by atoms with van der Waals surface area (Å²) in [5.41, 5.74) is 0. The van der Waals surface area contributed by atoms with Crippen LogP contribution in [0.1, 0.15) is 43.5 Å². The molecular weight excluding hydrogens is 258 g/mol. The monoisotopic (exact) mass is 283 g/mol. The van der Waals surface area contributed by atoms with Crippen LogP contribution in [0.5, 0.6) is 0 Å². The fourth-order valence-electron chi connectivity index (χ4n) is 2.93. The van der Waals surface area contributed by atoms with Crippen molar-refractivity contribution in [2.45, 2.75) is 38.6 Å². The van der Waals surface area contributed by atoms with Crippen LogP contribution >= 0.6 is 23.1 Å². The summed E-state index contributed by atoms with van der Waals surface area (Å²) in [4.78, 5) is 1.54. The predicted molar refractivity (Wildman–Crippen MR) is 84.6 cm³/mol. The molecule has 1 saturated carbocycles. The Kier molecular flexibility index (Phi) is 6.06. The molecule has 1 fully saturated rings. The van der Waals surface area contributed by atoms with Gasteiger partial charge in [-0.05, 0) is 54.7 Å². The normalized spacial score (nSPS) is 20.1. The van der Waals surface area contributed by atoms with Gasteiger partial charge in [-0.1, -0.05) is 25.8 Å². The van der Waals surface area contributed by atoms with E-state index in [0.717, 1.165) is 18.4 Å². The van der Waals surface area contributed by atoms with Gasteiger partial charge >= 0.3 is 0 Å². The largest absolute Gasteiger partial charge is 0.309 e. The molecule has 102 valence electrons. The second kappa shape index (κ2) is 7.56. The van der Waals surface area contributed by atoms with Crippen molar-refractivity contribution >= 4 is 23.1 Å². The maximum absolute atomic E-state index is 3.85. The summed E-state index contributed by atoms with van der Waals surface area (Å²) < 4.78 is 0. The minimum absolute atomic E-state index is 0.608. The molecule has 2 unspecified atom stereocenters. The Morgan fingerprint density at radius 2 is 2.22 bits per heavy atom. The van der Waals surface area contributed by atoms with Crippen LogP contribution in [0.2, 0.25) is 0 Å². The van der Waals surface area contributed by atoms with E-state index < -0.39 is 0 Å². The van der Waals surface area contributed by atoms with Gasteiger partial charge in [0.05, 0.1) is 0 Å². The maximum Gasteiger partial charge on any atom is 0.0443 e.